The Morgan fingerprint density at radius 2 is 2.21 bits per heavy atom. The highest BCUT2D eigenvalue weighted by Gasteiger charge is 2.26. The van der Waals surface area contributed by atoms with Gasteiger partial charge in [-0.1, -0.05) is 37.3 Å². The molecule has 0 aliphatic carbocycles. The van der Waals surface area contributed by atoms with Gasteiger partial charge in [-0.15, -0.1) is 11.3 Å². The van der Waals surface area contributed by atoms with Crippen LogP contribution in [-0.4, -0.2) is 30.1 Å². The molecule has 24 heavy (non-hydrogen) atoms. The standard InChI is InChI=1S/C19H24N2O2S/c1-2-16(15-10-11-23-12-15)21-19(22)17-13-24-18(20-17)9-8-14-6-4-3-5-7-14/h3-7,13,15-16H,2,8-12H2,1H3,(H,21,22)/t15-,16-/m1/s1. The van der Waals surface area contributed by atoms with Crippen LogP contribution in [0.15, 0.2) is 35.7 Å². The number of nitrogens with zero attached hydrogens (tertiary/aromatic N) is 1. The molecule has 3 rings (SSSR count). The van der Waals surface area contributed by atoms with Crippen molar-refractivity contribution in [2.75, 3.05) is 13.2 Å². The minimum atomic E-state index is -0.0593. The van der Waals surface area contributed by atoms with Gasteiger partial charge in [-0.25, -0.2) is 4.98 Å². The highest BCUT2D eigenvalue weighted by atomic mass is 32.1. The number of nitrogens with one attached hydrogen (secondary N) is 1. The molecule has 0 unspecified atom stereocenters. The van der Waals surface area contributed by atoms with Gasteiger partial charge in [-0.05, 0) is 24.8 Å². The van der Waals surface area contributed by atoms with E-state index in [0.29, 0.717) is 11.6 Å². The van der Waals surface area contributed by atoms with Crippen molar-refractivity contribution in [2.24, 2.45) is 5.92 Å². The van der Waals surface area contributed by atoms with E-state index in [2.05, 4.69) is 29.4 Å². The maximum atomic E-state index is 12.5. The van der Waals surface area contributed by atoms with Crippen LogP contribution in [0.4, 0.5) is 0 Å². The summed E-state index contributed by atoms with van der Waals surface area (Å²) in [5.74, 6) is 0.367. The van der Waals surface area contributed by atoms with E-state index < -0.39 is 0 Å². The number of thiazole rings is 1. The van der Waals surface area contributed by atoms with Gasteiger partial charge in [0, 0.05) is 30.4 Å². The first kappa shape index (κ1) is 17.1. The Labute approximate surface area is 147 Å². The topological polar surface area (TPSA) is 51.2 Å². The van der Waals surface area contributed by atoms with Gasteiger partial charge in [-0.3, -0.25) is 4.79 Å². The van der Waals surface area contributed by atoms with E-state index in [-0.39, 0.29) is 11.9 Å². The first-order chi connectivity index (χ1) is 11.8. The lowest BCUT2D eigenvalue weighted by atomic mass is 9.97. The molecule has 0 spiro atoms. The third kappa shape index (κ3) is 4.42. The van der Waals surface area contributed by atoms with Crippen molar-refractivity contribution in [2.45, 2.75) is 38.6 Å². The number of amides is 1. The molecule has 1 aromatic heterocycles. The van der Waals surface area contributed by atoms with Gasteiger partial charge in [0.05, 0.1) is 11.6 Å². The third-order valence-corrected chi connectivity index (χ3v) is 5.45. The first-order valence-electron chi connectivity index (χ1n) is 8.63. The lowest BCUT2D eigenvalue weighted by Crippen LogP contribution is -2.40. The van der Waals surface area contributed by atoms with Crippen molar-refractivity contribution in [3.63, 3.8) is 0 Å². The molecular weight excluding hydrogens is 320 g/mol. The highest BCUT2D eigenvalue weighted by Crippen LogP contribution is 2.20. The molecule has 1 aromatic carbocycles. The summed E-state index contributed by atoms with van der Waals surface area (Å²) in [5.41, 5.74) is 1.84. The molecular formula is C19H24N2O2S. The zero-order valence-corrected chi connectivity index (χ0v) is 14.8. The Hall–Kier alpha value is -1.72. The summed E-state index contributed by atoms with van der Waals surface area (Å²) in [4.78, 5) is 17.0. The molecule has 4 nitrogen and oxygen atoms in total. The van der Waals surface area contributed by atoms with Crippen molar-refractivity contribution >= 4 is 17.2 Å². The molecule has 1 saturated heterocycles. The summed E-state index contributed by atoms with van der Waals surface area (Å²) < 4.78 is 5.44. The van der Waals surface area contributed by atoms with Gasteiger partial charge in [-0.2, -0.15) is 0 Å². The number of ether oxygens (including phenoxy) is 1. The van der Waals surface area contributed by atoms with E-state index in [1.807, 2.05) is 23.6 Å². The Morgan fingerprint density at radius 1 is 1.38 bits per heavy atom. The Balaban J connectivity index is 1.55. The molecule has 2 heterocycles. The summed E-state index contributed by atoms with van der Waals surface area (Å²) >= 11 is 1.57. The quantitative estimate of drug-likeness (QED) is 0.837. The Kier molecular flexibility index (Phi) is 5.99. The number of carbonyl (C=O) groups excluding carboxylic acids is 1. The van der Waals surface area contributed by atoms with Crippen LogP contribution >= 0.6 is 11.3 Å². The molecule has 0 radical (unpaired) electrons. The van der Waals surface area contributed by atoms with E-state index >= 15 is 0 Å². The highest BCUT2D eigenvalue weighted by molar-refractivity contribution is 7.09. The molecule has 1 N–H and O–H groups in total. The third-order valence-electron chi connectivity index (χ3n) is 4.55. The average Bonchev–Trinajstić information content (AvgIpc) is 3.30. The second-order valence-electron chi connectivity index (χ2n) is 6.22. The van der Waals surface area contributed by atoms with Crippen LogP contribution in [0.2, 0.25) is 0 Å². The van der Waals surface area contributed by atoms with Gasteiger partial charge < -0.3 is 10.1 Å². The fourth-order valence-corrected chi connectivity index (χ4v) is 3.87. The SMILES string of the molecule is CC[C@@H](NC(=O)c1csc(CCc2ccccc2)n1)[C@@H]1CCOC1. The Bertz CT molecular complexity index is 650. The van der Waals surface area contributed by atoms with Crippen LogP contribution in [-0.2, 0) is 17.6 Å². The monoisotopic (exact) mass is 344 g/mol. The molecule has 1 fully saturated rings. The number of carbonyl (C=O) groups is 1. The summed E-state index contributed by atoms with van der Waals surface area (Å²) in [5, 5.41) is 6.02. The van der Waals surface area contributed by atoms with Gasteiger partial charge in [0.15, 0.2) is 0 Å². The van der Waals surface area contributed by atoms with E-state index in [9.17, 15) is 4.79 Å². The minimum absolute atomic E-state index is 0.0593. The first-order valence-corrected chi connectivity index (χ1v) is 9.51. The average molecular weight is 344 g/mol. The number of hydrogen-bond acceptors (Lipinski definition) is 4. The van der Waals surface area contributed by atoms with E-state index in [1.54, 1.807) is 11.3 Å². The summed E-state index contributed by atoms with van der Waals surface area (Å²) in [6.45, 7) is 3.66. The van der Waals surface area contributed by atoms with Crippen molar-refractivity contribution in [1.29, 1.82) is 0 Å². The predicted molar refractivity (Wildman–Crippen MR) is 96.4 cm³/mol. The fraction of sp³-hybridized carbons (Fsp3) is 0.474. The van der Waals surface area contributed by atoms with Crippen LogP contribution in [0.5, 0.6) is 0 Å². The number of aromatic nitrogens is 1. The summed E-state index contributed by atoms with van der Waals surface area (Å²) in [6.07, 6.45) is 3.77. The van der Waals surface area contributed by atoms with Crippen molar-refractivity contribution < 1.29 is 9.53 Å². The molecule has 128 valence electrons. The number of benzene rings is 1. The van der Waals surface area contributed by atoms with E-state index in [4.69, 9.17) is 4.74 Å². The second-order valence-corrected chi connectivity index (χ2v) is 7.17. The largest absolute Gasteiger partial charge is 0.381 e. The number of aryl methyl sites for hydroxylation is 2. The van der Waals surface area contributed by atoms with Crippen molar-refractivity contribution in [1.82, 2.24) is 10.3 Å². The normalized spacial score (nSPS) is 18.5. The Morgan fingerprint density at radius 3 is 2.92 bits per heavy atom. The zero-order chi connectivity index (χ0) is 16.8. The van der Waals surface area contributed by atoms with Crippen LogP contribution in [0, 0.1) is 5.92 Å². The molecule has 0 bridgehead atoms. The lowest BCUT2D eigenvalue weighted by molar-refractivity contribution is 0.0910. The molecule has 1 amide bonds. The fourth-order valence-electron chi connectivity index (χ4n) is 3.09. The molecule has 5 heteroatoms. The maximum absolute atomic E-state index is 12.5. The van der Waals surface area contributed by atoms with Crippen molar-refractivity contribution in [3.05, 3.63) is 52.0 Å². The van der Waals surface area contributed by atoms with E-state index in [1.165, 1.54) is 5.56 Å². The zero-order valence-electron chi connectivity index (χ0n) is 14.0. The number of rotatable bonds is 7. The molecule has 1 aliphatic rings. The number of hydrogen-bond donors (Lipinski definition) is 1. The molecule has 1 aliphatic heterocycles. The van der Waals surface area contributed by atoms with Gasteiger partial charge in [0.1, 0.15) is 5.69 Å². The second kappa shape index (κ2) is 8.40. The van der Waals surface area contributed by atoms with Gasteiger partial charge >= 0.3 is 0 Å². The van der Waals surface area contributed by atoms with E-state index in [0.717, 1.165) is 43.9 Å². The maximum Gasteiger partial charge on any atom is 0.270 e. The minimum Gasteiger partial charge on any atom is -0.381 e. The summed E-state index contributed by atoms with van der Waals surface area (Å²) in [7, 11) is 0. The summed E-state index contributed by atoms with van der Waals surface area (Å²) in [6, 6.07) is 10.5. The van der Waals surface area contributed by atoms with Crippen LogP contribution in [0.3, 0.4) is 0 Å². The van der Waals surface area contributed by atoms with Gasteiger partial charge in [0.2, 0.25) is 0 Å². The molecule has 0 saturated carbocycles. The van der Waals surface area contributed by atoms with Crippen molar-refractivity contribution in [3.8, 4) is 0 Å². The van der Waals surface area contributed by atoms with Crippen LogP contribution in [0.1, 0.15) is 40.8 Å². The molecule has 2 aromatic rings. The van der Waals surface area contributed by atoms with Crippen LogP contribution < -0.4 is 5.32 Å². The van der Waals surface area contributed by atoms with Crippen LogP contribution in [0.25, 0.3) is 0 Å². The predicted octanol–water partition coefficient (Wildman–Crippen LogP) is 3.47. The lowest BCUT2D eigenvalue weighted by Gasteiger charge is -2.21. The van der Waals surface area contributed by atoms with Gasteiger partial charge in [0.25, 0.3) is 5.91 Å². The smallest absolute Gasteiger partial charge is 0.270 e. The molecule has 2 atom stereocenters.